The number of carbonyl (C=O) groups is 1. The van der Waals surface area contributed by atoms with E-state index in [4.69, 9.17) is 0 Å². The van der Waals surface area contributed by atoms with Gasteiger partial charge in [-0.1, -0.05) is 37.3 Å². The SMILES string of the molecule is CCC(NCc1ccccc1)C(C)=O. The average Bonchev–Trinajstić information content (AvgIpc) is 2.20. The minimum absolute atomic E-state index is 0.00444. The molecule has 2 heteroatoms. The first-order valence-electron chi connectivity index (χ1n) is 5.01. The van der Waals surface area contributed by atoms with Crippen molar-refractivity contribution in [3.8, 4) is 0 Å². The molecule has 0 aromatic heterocycles. The van der Waals surface area contributed by atoms with Crippen molar-refractivity contribution in [2.75, 3.05) is 0 Å². The molecule has 14 heavy (non-hydrogen) atoms. The Morgan fingerprint density at radius 3 is 2.50 bits per heavy atom. The van der Waals surface area contributed by atoms with Crippen molar-refractivity contribution < 1.29 is 4.79 Å². The molecule has 0 aliphatic heterocycles. The molecule has 0 saturated carbocycles. The van der Waals surface area contributed by atoms with E-state index in [-0.39, 0.29) is 11.8 Å². The Balaban J connectivity index is 2.44. The molecular formula is C12H17NO. The number of nitrogens with one attached hydrogen (secondary N) is 1. The molecule has 0 radical (unpaired) electrons. The fraction of sp³-hybridized carbons (Fsp3) is 0.417. The first-order chi connectivity index (χ1) is 6.74. The van der Waals surface area contributed by atoms with Crippen molar-refractivity contribution in [1.29, 1.82) is 0 Å². The van der Waals surface area contributed by atoms with E-state index < -0.39 is 0 Å². The zero-order valence-corrected chi connectivity index (χ0v) is 8.79. The molecule has 1 N–H and O–H groups in total. The van der Waals surface area contributed by atoms with Gasteiger partial charge in [-0.2, -0.15) is 0 Å². The predicted molar refractivity (Wildman–Crippen MR) is 58.0 cm³/mol. The molecular weight excluding hydrogens is 174 g/mol. The normalized spacial score (nSPS) is 12.4. The number of benzene rings is 1. The fourth-order valence-corrected chi connectivity index (χ4v) is 1.41. The van der Waals surface area contributed by atoms with Crippen LogP contribution in [0, 0.1) is 0 Å². The maximum Gasteiger partial charge on any atom is 0.146 e. The Bertz CT molecular complexity index is 282. The summed E-state index contributed by atoms with van der Waals surface area (Å²) in [6.45, 7) is 4.41. The van der Waals surface area contributed by atoms with Crippen LogP contribution in [0.1, 0.15) is 25.8 Å². The van der Waals surface area contributed by atoms with E-state index in [0.717, 1.165) is 13.0 Å². The van der Waals surface area contributed by atoms with Crippen LogP contribution in [0.25, 0.3) is 0 Å². The lowest BCUT2D eigenvalue weighted by Crippen LogP contribution is -2.34. The van der Waals surface area contributed by atoms with Gasteiger partial charge in [-0.25, -0.2) is 0 Å². The third-order valence-electron chi connectivity index (χ3n) is 2.29. The van der Waals surface area contributed by atoms with Crippen LogP contribution in [0.3, 0.4) is 0 Å². The Morgan fingerprint density at radius 2 is 2.00 bits per heavy atom. The van der Waals surface area contributed by atoms with E-state index in [1.54, 1.807) is 6.92 Å². The summed E-state index contributed by atoms with van der Waals surface area (Å²) < 4.78 is 0. The van der Waals surface area contributed by atoms with Crippen molar-refractivity contribution in [1.82, 2.24) is 5.32 Å². The van der Waals surface area contributed by atoms with E-state index in [9.17, 15) is 4.79 Å². The van der Waals surface area contributed by atoms with Gasteiger partial charge in [0.25, 0.3) is 0 Å². The van der Waals surface area contributed by atoms with Gasteiger partial charge in [0.15, 0.2) is 0 Å². The van der Waals surface area contributed by atoms with E-state index in [2.05, 4.69) is 17.4 Å². The molecule has 1 aromatic carbocycles. The first kappa shape index (κ1) is 10.9. The smallest absolute Gasteiger partial charge is 0.146 e. The van der Waals surface area contributed by atoms with Crippen LogP contribution in [0.15, 0.2) is 30.3 Å². The van der Waals surface area contributed by atoms with Gasteiger partial charge in [-0.3, -0.25) is 4.79 Å². The van der Waals surface area contributed by atoms with Crippen LogP contribution in [-0.2, 0) is 11.3 Å². The lowest BCUT2D eigenvalue weighted by Gasteiger charge is -2.13. The molecule has 0 fully saturated rings. The minimum atomic E-state index is -0.00444. The minimum Gasteiger partial charge on any atom is -0.303 e. The highest BCUT2D eigenvalue weighted by Gasteiger charge is 2.09. The van der Waals surface area contributed by atoms with Crippen LogP contribution in [-0.4, -0.2) is 11.8 Å². The molecule has 0 heterocycles. The number of hydrogen-bond donors (Lipinski definition) is 1. The molecule has 0 bridgehead atoms. The lowest BCUT2D eigenvalue weighted by molar-refractivity contribution is -0.119. The summed E-state index contributed by atoms with van der Waals surface area (Å²) in [4.78, 5) is 11.1. The highest BCUT2D eigenvalue weighted by Crippen LogP contribution is 2.00. The number of hydrogen-bond acceptors (Lipinski definition) is 2. The Labute approximate surface area is 85.3 Å². The summed E-state index contributed by atoms with van der Waals surface area (Å²) in [6.07, 6.45) is 0.849. The monoisotopic (exact) mass is 191 g/mol. The molecule has 76 valence electrons. The van der Waals surface area contributed by atoms with E-state index in [1.165, 1.54) is 5.56 Å². The average molecular weight is 191 g/mol. The van der Waals surface area contributed by atoms with Crippen molar-refractivity contribution in [3.05, 3.63) is 35.9 Å². The number of rotatable bonds is 5. The van der Waals surface area contributed by atoms with Crippen LogP contribution in [0.2, 0.25) is 0 Å². The predicted octanol–water partition coefficient (Wildman–Crippen LogP) is 2.14. The third-order valence-corrected chi connectivity index (χ3v) is 2.29. The van der Waals surface area contributed by atoms with Crippen molar-refractivity contribution in [2.45, 2.75) is 32.9 Å². The van der Waals surface area contributed by atoms with E-state index in [1.807, 2.05) is 25.1 Å². The number of ketones is 1. The molecule has 0 aliphatic rings. The zero-order valence-electron chi connectivity index (χ0n) is 8.79. The third kappa shape index (κ3) is 3.30. The summed E-state index contributed by atoms with van der Waals surface area (Å²) in [5.41, 5.74) is 1.22. The van der Waals surface area contributed by atoms with Crippen LogP contribution in [0.5, 0.6) is 0 Å². The molecule has 1 atom stereocenters. The Hall–Kier alpha value is -1.15. The van der Waals surface area contributed by atoms with Crippen LogP contribution in [0.4, 0.5) is 0 Å². The van der Waals surface area contributed by atoms with Crippen LogP contribution >= 0.6 is 0 Å². The second-order valence-corrected chi connectivity index (χ2v) is 3.44. The van der Waals surface area contributed by atoms with Crippen molar-refractivity contribution >= 4 is 5.78 Å². The zero-order chi connectivity index (χ0) is 10.4. The summed E-state index contributed by atoms with van der Waals surface area (Å²) in [6, 6.07) is 10.1. The highest BCUT2D eigenvalue weighted by atomic mass is 16.1. The maximum atomic E-state index is 11.1. The van der Waals surface area contributed by atoms with Gasteiger partial charge in [0.1, 0.15) is 5.78 Å². The van der Waals surface area contributed by atoms with Gasteiger partial charge >= 0.3 is 0 Å². The van der Waals surface area contributed by atoms with Gasteiger partial charge in [0, 0.05) is 6.54 Å². The van der Waals surface area contributed by atoms with Gasteiger partial charge < -0.3 is 5.32 Å². The number of carbonyl (C=O) groups excluding carboxylic acids is 1. The van der Waals surface area contributed by atoms with Crippen LogP contribution < -0.4 is 5.32 Å². The topological polar surface area (TPSA) is 29.1 Å². The summed E-state index contributed by atoms with van der Waals surface area (Å²) >= 11 is 0. The molecule has 1 rings (SSSR count). The lowest BCUT2D eigenvalue weighted by atomic mass is 10.1. The molecule has 0 aliphatic carbocycles. The molecule has 0 amide bonds. The van der Waals surface area contributed by atoms with Crippen molar-refractivity contribution in [2.24, 2.45) is 0 Å². The number of Topliss-reactive ketones (excluding diaryl/α,β-unsaturated/α-hetero) is 1. The molecule has 1 unspecified atom stereocenters. The molecule has 0 spiro atoms. The Kier molecular flexibility index (Phi) is 4.33. The summed E-state index contributed by atoms with van der Waals surface area (Å²) in [7, 11) is 0. The molecule has 0 saturated heterocycles. The van der Waals surface area contributed by atoms with Gasteiger partial charge in [-0.05, 0) is 18.9 Å². The fourth-order valence-electron chi connectivity index (χ4n) is 1.41. The second kappa shape index (κ2) is 5.55. The second-order valence-electron chi connectivity index (χ2n) is 3.44. The quantitative estimate of drug-likeness (QED) is 0.772. The van der Waals surface area contributed by atoms with Gasteiger partial charge in [-0.15, -0.1) is 0 Å². The first-order valence-corrected chi connectivity index (χ1v) is 5.01. The van der Waals surface area contributed by atoms with E-state index >= 15 is 0 Å². The maximum absolute atomic E-state index is 11.1. The molecule has 1 aromatic rings. The van der Waals surface area contributed by atoms with Gasteiger partial charge in [0.2, 0.25) is 0 Å². The van der Waals surface area contributed by atoms with E-state index in [0.29, 0.717) is 0 Å². The molecule has 2 nitrogen and oxygen atoms in total. The summed E-state index contributed by atoms with van der Waals surface area (Å²) in [5.74, 6) is 0.212. The van der Waals surface area contributed by atoms with Gasteiger partial charge in [0.05, 0.1) is 6.04 Å². The standard InChI is InChI=1S/C12H17NO/c1-3-12(10(2)14)13-9-11-7-5-4-6-8-11/h4-8,12-13H,3,9H2,1-2H3. The largest absolute Gasteiger partial charge is 0.303 e. The Morgan fingerprint density at radius 1 is 1.36 bits per heavy atom. The highest BCUT2D eigenvalue weighted by molar-refractivity contribution is 5.81. The van der Waals surface area contributed by atoms with Crippen molar-refractivity contribution in [3.63, 3.8) is 0 Å². The summed E-state index contributed by atoms with van der Waals surface area (Å²) in [5, 5.41) is 3.24.